The number of halogens is 1. The summed E-state index contributed by atoms with van der Waals surface area (Å²) in [5, 5.41) is 3.46. The highest BCUT2D eigenvalue weighted by molar-refractivity contribution is 6.32. The average Bonchev–Trinajstić information content (AvgIpc) is 2.25. The molecule has 20 heavy (non-hydrogen) atoms. The van der Waals surface area contributed by atoms with Crippen LogP contribution in [0.15, 0.2) is 24.8 Å². The Hall–Kier alpha value is -1.48. The number of hydrogen-bond acceptors (Lipinski definition) is 2. The molecule has 0 aliphatic rings. The third kappa shape index (κ3) is 4.57. The molecule has 0 fully saturated rings. The van der Waals surface area contributed by atoms with Crippen LogP contribution in [0.2, 0.25) is 5.02 Å². The molecule has 0 aliphatic carbocycles. The van der Waals surface area contributed by atoms with E-state index >= 15 is 0 Å². The topological polar surface area (TPSA) is 38.3 Å². The zero-order valence-corrected chi connectivity index (χ0v) is 13.5. The number of carbonyl (C=O) groups is 1. The van der Waals surface area contributed by atoms with E-state index in [2.05, 4.69) is 11.9 Å². The monoisotopic (exact) mass is 295 g/mol. The molecule has 0 radical (unpaired) electrons. The van der Waals surface area contributed by atoms with E-state index in [1.54, 1.807) is 6.08 Å². The molecule has 0 unspecified atom stereocenters. The van der Waals surface area contributed by atoms with E-state index in [4.69, 9.17) is 16.3 Å². The van der Waals surface area contributed by atoms with E-state index in [9.17, 15) is 4.79 Å². The van der Waals surface area contributed by atoms with Gasteiger partial charge in [-0.25, -0.2) is 4.79 Å². The first-order chi connectivity index (χ1) is 9.05. The molecule has 1 N–H and O–H groups in total. The van der Waals surface area contributed by atoms with Crippen LogP contribution in [-0.2, 0) is 10.3 Å². The van der Waals surface area contributed by atoms with Crippen LogP contribution in [0.4, 0.5) is 4.79 Å². The molecule has 0 saturated heterocycles. The number of nitrogens with one attached hydrogen (secondary N) is 1. The maximum Gasteiger partial charge on any atom is 0.408 e. The Balaban J connectivity index is 2.91. The van der Waals surface area contributed by atoms with Crippen LogP contribution in [0.3, 0.4) is 0 Å². The van der Waals surface area contributed by atoms with E-state index in [-0.39, 0.29) is 0 Å². The van der Waals surface area contributed by atoms with Crippen molar-refractivity contribution in [2.24, 2.45) is 0 Å². The van der Waals surface area contributed by atoms with Crippen molar-refractivity contribution in [1.82, 2.24) is 5.32 Å². The molecular formula is C16H22ClNO2. The van der Waals surface area contributed by atoms with Gasteiger partial charge in [0.05, 0.1) is 5.54 Å². The number of ether oxygens (including phenoxy) is 1. The first-order valence-electron chi connectivity index (χ1n) is 6.49. The lowest BCUT2D eigenvalue weighted by Crippen LogP contribution is -2.43. The number of alkyl carbamates (subject to hydrolysis) is 1. The zero-order valence-electron chi connectivity index (χ0n) is 12.7. The van der Waals surface area contributed by atoms with Crippen molar-refractivity contribution in [3.63, 3.8) is 0 Å². The zero-order chi connectivity index (χ0) is 15.6. The molecule has 0 aliphatic heterocycles. The summed E-state index contributed by atoms with van der Waals surface area (Å²) >= 11 is 6.16. The standard InChI is InChI=1S/C16H22ClNO2/c1-7-11-8-9-12(10-13(11)17)16(5,6)18-14(19)20-15(2,3)4/h7-10H,1H2,2-6H3,(H,18,19). The smallest absolute Gasteiger partial charge is 0.408 e. The van der Waals surface area contributed by atoms with Crippen molar-refractivity contribution in [2.75, 3.05) is 0 Å². The van der Waals surface area contributed by atoms with Crippen LogP contribution < -0.4 is 5.32 Å². The van der Waals surface area contributed by atoms with E-state index in [1.165, 1.54) is 0 Å². The van der Waals surface area contributed by atoms with Gasteiger partial charge in [-0.2, -0.15) is 0 Å². The fraction of sp³-hybridized carbons (Fsp3) is 0.438. The van der Waals surface area contributed by atoms with Gasteiger partial charge in [0.25, 0.3) is 0 Å². The van der Waals surface area contributed by atoms with Crippen LogP contribution in [0, 0.1) is 0 Å². The average molecular weight is 296 g/mol. The highest BCUT2D eigenvalue weighted by Gasteiger charge is 2.26. The lowest BCUT2D eigenvalue weighted by atomic mass is 9.93. The maximum absolute atomic E-state index is 11.9. The Morgan fingerprint density at radius 2 is 1.90 bits per heavy atom. The van der Waals surface area contributed by atoms with Gasteiger partial charge in [0.2, 0.25) is 0 Å². The molecule has 0 spiro atoms. The lowest BCUT2D eigenvalue weighted by molar-refractivity contribution is 0.0470. The van der Waals surface area contributed by atoms with Crippen LogP contribution in [0.25, 0.3) is 6.08 Å². The first-order valence-corrected chi connectivity index (χ1v) is 6.86. The molecule has 3 nitrogen and oxygen atoms in total. The summed E-state index contributed by atoms with van der Waals surface area (Å²) in [6.45, 7) is 13.0. The molecule has 1 aromatic rings. The van der Waals surface area contributed by atoms with Crippen LogP contribution >= 0.6 is 11.6 Å². The van der Waals surface area contributed by atoms with Gasteiger partial charge in [0.15, 0.2) is 0 Å². The third-order valence-corrected chi connectivity index (χ3v) is 3.08. The fourth-order valence-corrected chi connectivity index (χ4v) is 1.97. The summed E-state index contributed by atoms with van der Waals surface area (Å²) in [5.41, 5.74) is 0.665. The van der Waals surface area contributed by atoms with E-state index in [1.807, 2.05) is 52.8 Å². The number of amides is 1. The Morgan fingerprint density at radius 1 is 1.30 bits per heavy atom. The van der Waals surface area contributed by atoms with Crippen LogP contribution in [0.5, 0.6) is 0 Å². The number of carbonyl (C=O) groups excluding carboxylic acids is 1. The Kier molecular flexibility index (Phi) is 4.87. The third-order valence-electron chi connectivity index (χ3n) is 2.76. The van der Waals surface area contributed by atoms with E-state index in [0.29, 0.717) is 5.02 Å². The Labute approximate surface area is 126 Å². The van der Waals surface area contributed by atoms with Gasteiger partial charge in [-0.1, -0.05) is 36.4 Å². The molecule has 1 rings (SSSR count). The van der Waals surface area contributed by atoms with Crippen molar-refractivity contribution in [3.8, 4) is 0 Å². The minimum Gasteiger partial charge on any atom is -0.444 e. The molecule has 0 aromatic heterocycles. The van der Waals surface area contributed by atoms with Gasteiger partial charge in [0.1, 0.15) is 5.60 Å². The SMILES string of the molecule is C=Cc1ccc(C(C)(C)NC(=O)OC(C)(C)C)cc1Cl. The summed E-state index contributed by atoms with van der Waals surface area (Å²) in [6.07, 6.45) is 1.24. The second kappa shape index (κ2) is 5.88. The van der Waals surface area contributed by atoms with Crippen molar-refractivity contribution >= 4 is 23.8 Å². The number of hydrogen-bond donors (Lipinski definition) is 1. The minimum atomic E-state index is -0.578. The van der Waals surface area contributed by atoms with Crippen LogP contribution in [0.1, 0.15) is 45.7 Å². The molecule has 0 heterocycles. The second-order valence-electron chi connectivity index (χ2n) is 6.19. The summed E-state index contributed by atoms with van der Waals surface area (Å²) in [6, 6.07) is 5.62. The Morgan fingerprint density at radius 3 is 2.35 bits per heavy atom. The maximum atomic E-state index is 11.9. The van der Waals surface area contributed by atoms with Gasteiger partial charge in [-0.15, -0.1) is 0 Å². The molecular weight excluding hydrogens is 274 g/mol. The Bertz CT molecular complexity index is 516. The van der Waals surface area contributed by atoms with Crippen LogP contribution in [-0.4, -0.2) is 11.7 Å². The number of benzene rings is 1. The predicted molar refractivity (Wildman–Crippen MR) is 83.9 cm³/mol. The normalized spacial score (nSPS) is 11.9. The summed E-state index contributed by atoms with van der Waals surface area (Å²) < 4.78 is 5.27. The first kappa shape index (κ1) is 16.6. The van der Waals surface area contributed by atoms with Crippen molar-refractivity contribution in [3.05, 3.63) is 40.9 Å². The van der Waals surface area contributed by atoms with Gasteiger partial charge >= 0.3 is 6.09 Å². The lowest BCUT2D eigenvalue weighted by Gasteiger charge is -2.29. The van der Waals surface area contributed by atoms with Gasteiger partial charge in [-0.3, -0.25) is 0 Å². The number of rotatable bonds is 3. The van der Waals surface area contributed by atoms with E-state index in [0.717, 1.165) is 11.1 Å². The van der Waals surface area contributed by atoms with Crippen molar-refractivity contribution < 1.29 is 9.53 Å². The second-order valence-corrected chi connectivity index (χ2v) is 6.60. The highest BCUT2D eigenvalue weighted by atomic mass is 35.5. The molecule has 1 aromatic carbocycles. The molecule has 0 atom stereocenters. The van der Waals surface area contributed by atoms with E-state index < -0.39 is 17.2 Å². The van der Waals surface area contributed by atoms with Gasteiger partial charge in [0, 0.05) is 5.02 Å². The van der Waals surface area contributed by atoms with Gasteiger partial charge < -0.3 is 10.1 Å². The quantitative estimate of drug-likeness (QED) is 0.874. The highest BCUT2D eigenvalue weighted by Crippen LogP contribution is 2.26. The molecule has 0 bridgehead atoms. The summed E-state index contributed by atoms with van der Waals surface area (Å²) in [7, 11) is 0. The predicted octanol–water partition coefficient (Wildman–Crippen LogP) is 4.74. The molecule has 110 valence electrons. The molecule has 1 amide bonds. The van der Waals surface area contributed by atoms with Gasteiger partial charge in [-0.05, 0) is 51.8 Å². The minimum absolute atomic E-state index is 0.452. The molecule has 4 heteroatoms. The van der Waals surface area contributed by atoms with Crippen molar-refractivity contribution in [1.29, 1.82) is 0 Å². The van der Waals surface area contributed by atoms with Crippen molar-refractivity contribution in [2.45, 2.75) is 45.8 Å². The largest absolute Gasteiger partial charge is 0.444 e. The summed E-state index contributed by atoms with van der Waals surface area (Å²) in [5.74, 6) is 0. The summed E-state index contributed by atoms with van der Waals surface area (Å²) in [4.78, 5) is 11.9. The fourth-order valence-electron chi connectivity index (χ4n) is 1.71. The molecule has 0 saturated carbocycles.